The Labute approximate surface area is 220 Å². The van der Waals surface area contributed by atoms with Gasteiger partial charge in [-0.05, 0) is 49.6 Å². The van der Waals surface area contributed by atoms with Crippen LogP contribution in [-0.4, -0.2) is 50.0 Å². The van der Waals surface area contributed by atoms with Gasteiger partial charge in [0.15, 0.2) is 0 Å². The quantitative estimate of drug-likeness (QED) is 0.414. The summed E-state index contributed by atoms with van der Waals surface area (Å²) in [7, 11) is -3.77. The normalized spacial score (nSPS) is 12.1. The molecule has 2 amide bonds. The molecule has 0 aromatic heterocycles. The second-order valence-electron chi connectivity index (χ2n) is 9.42. The lowest BCUT2D eigenvalue weighted by molar-refractivity contribution is -0.140. The molecule has 8 heteroatoms. The van der Waals surface area contributed by atoms with Crippen LogP contribution in [0.3, 0.4) is 0 Å². The molecule has 1 unspecified atom stereocenters. The van der Waals surface area contributed by atoms with Gasteiger partial charge in [0.2, 0.25) is 21.8 Å². The van der Waals surface area contributed by atoms with Crippen LogP contribution >= 0.6 is 0 Å². The summed E-state index contributed by atoms with van der Waals surface area (Å²) in [6, 6.07) is 24.7. The zero-order chi connectivity index (χ0) is 27.0. The molecular weight excluding hydrogens is 486 g/mol. The third-order valence-electron chi connectivity index (χ3n) is 6.03. The van der Waals surface area contributed by atoms with Crippen molar-refractivity contribution < 1.29 is 18.0 Å². The Kier molecular flexibility index (Phi) is 9.47. The number of nitrogens with one attached hydrogen (secondary N) is 1. The maximum absolute atomic E-state index is 14.0. The van der Waals surface area contributed by atoms with Gasteiger partial charge >= 0.3 is 0 Å². The van der Waals surface area contributed by atoms with Crippen molar-refractivity contribution in [2.45, 2.75) is 45.8 Å². The fourth-order valence-electron chi connectivity index (χ4n) is 4.11. The summed E-state index contributed by atoms with van der Waals surface area (Å²) in [5.41, 5.74) is 3.15. The van der Waals surface area contributed by atoms with Crippen LogP contribution in [0.25, 0.3) is 0 Å². The van der Waals surface area contributed by atoms with E-state index in [1.165, 1.54) is 4.90 Å². The molecule has 1 N–H and O–H groups in total. The minimum atomic E-state index is -3.77. The number of hydrogen-bond acceptors (Lipinski definition) is 4. The molecule has 37 heavy (non-hydrogen) atoms. The van der Waals surface area contributed by atoms with E-state index in [9.17, 15) is 18.0 Å². The van der Waals surface area contributed by atoms with Gasteiger partial charge in [-0.1, -0.05) is 72.8 Å². The fraction of sp³-hybridized carbons (Fsp3) is 0.310. The Morgan fingerprint density at radius 2 is 1.43 bits per heavy atom. The SMILES string of the molecule is Cc1ccccc1CN(C(=O)CN(c1ccccc1)S(C)(=O)=O)C(Cc1ccccc1)C(=O)NC(C)C. The van der Waals surface area contributed by atoms with Gasteiger partial charge in [0.1, 0.15) is 12.6 Å². The highest BCUT2D eigenvalue weighted by molar-refractivity contribution is 7.92. The minimum Gasteiger partial charge on any atom is -0.352 e. The average molecular weight is 522 g/mol. The van der Waals surface area contributed by atoms with Crippen molar-refractivity contribution in [3.8, 4) is 0 Å². The van der Waals surface area contributed by atoms with E-state index in [1.54, 1.807) is 30.3 Å². The van der Waals surface area contributed by atoms with E-state index in [-0.39, 0.29) is 18.5 Å². The fourth-order valence-corrected chi connectivity index (χ4v) is 4.96. The molecule has 0 aliphatic rings. The first kappa shape index (κ1) is 27.9. The number of carbonyl (C=O) groups is 2. The van der Waals surface area contributed by atoms with Gasteiger partial charge in [-0.25, -0.2) is 8.42 Å². The highest BCUT2D eigenvalue weighted by atomic mass is 32.2. The van der Waals surface area contributed by atoms with Gasteiger partial charge in [-0.2, -0.15) is 0 Å². The molecule has 0 aliphatic carbocycles. The van der Waals surface area contributed by atoms with E-state index in [1.807, 2.05) is 75.4 Å². The molecule has 0 heterocycles. The molecule has 0 radical (unpaired) electrons. The summed E-state index contributed by atoms with van der Waals surface area (Å²) in [6.07, 6.45) is 1.37. The van der Waals surface area contributed by atoms with E-state index in [0.717, 1.165) is 27.3 Å². The number of carbonyl (C=O) groups excluding carboxylic acids is 2. The number of hydrogen-bond donors (Lipinski definition) is 1. The van der Waals surface area contributed by atoms with Gasteiger partial charge in [-0.3, -0.25) is 13.9 Å². The number of rotatable bonds is 11. The third-order valence-corrected chi connectivity index (χ3v) is 7.17. The van der Waals surface area contributed by atoms with E-state index < -0.39 is 28.5 Å². The van der Waals surface area contributed by atoms with Crippen LogP contribution in [0, 0.1) is 6.92 Å². The van der Waals surface area contributed by atoms with Crippen molar-refractivity contribution in [3.63, 3.8) is 0 Å². The topological polar surface area (TPSA) is 86.8 Å². The first-order valence-corrected chi connectivity index (χ1v) is 14.1. The number of para-hydroxylation sites is 1. The monoisotopic (exact) mass is 521 g/mol. The third kappa shape index (κ3) is 7.92. The molecule has 196 valence electrons. The molecule has 0 saturated carbocycles. The number of benzene rings is 3. The first-order chi connectivity index (χ1) is 17.6. The van der Waals surface area contributed by atoms with E-state index in [0.29, 0.717) is 12.1 Å². The van der Waals surface area contributed by atoms with Crippen molar-refractivity contribution in [1.29, 1.82) is 0 Å². The molecule has 0 fully saturated rings. The first-order valence-electron chi connectivity index (χ1n) is 12.3. The number of amides is 2. The lowest BCUT2D eigenvalue weighted by atomic mass is 10.0. The predicted molar refractivity (Wildman–Crippen MR) is 148 cm³/mol. The Bertz CT molecular complexity index is 1290. The number of sulfonamides is 1. The summed E-state index contributed by atoms with van der Waals surface area (Å²) < 4.78 is 26.5. The smallest absolute Gasteiger partial charge is 0.244 e. The summed E-state index contributed by atoms with van der Waals surface area (Å²) in [6.45, 7) is 5.43. The lowest BCUT2D eigenvalue weighted by Gasteiger charge is -2.34. The summed E-state index contributed by atoms with van der Waals surface area (Å²) >= 11 is 0. The van der Waals surface area contributed by atoms with Crippen LogP contribution in [0.1, 0.15) is 30.5 Å². The van der Waals surface area contributed by atoms with Crippen molar-refractivity contribution in [2.75, 3.05) is 17.1 Å². The molecule has 0 aliphatic heterocycles. The standard InChI is InChI=1S/C29H35N3O4S/c1-22(2)30-29(34)27(19-24-14-7-5-8-15-24)31(20-25-16-12-11-13-23(25)3)28(33)21-32(37(4,35)36)26-17-9-6-10-18-26/h5-18,22,27H,19-21H2,1-4H3,(H,30,34). The van der Waals surface area contributed by atoms with E-state index in [2.05, 4.69) is 5.32 Å². The number of aryl methyl sites for hydroxylation is 1. The molecule has 1 atom stereocenters. The second-order valence-corrected chi connectivity index (χ2v) is 11.3. The molecule has 0 spiro atoms. The maximum atomic E-state index is 14.0. The maximum Gasteiger partial charge on any atom is 0.244 e. The molecular formula is C29H35N3O4S. The Morgan fingerprint density at radius 3 is 2.00 bits per heavy atom. The van der Waals surface area contributed by atoms with Gasteiger partial charge in [-0.15, -0.1) is 0 Å². The lowest BCUT2D eigenvalue weighted by Crippen LogP contribution is -2.54. The zero-order valence-corrected chi connectivity index (χ0v) is 22.6. The molecule has 7 nitrogen and oxygen atoms in total. The van der Waals surface area contributed by atoms with Crippen molar-refractivity contribution in [2.24, 2.45) is 0 Å². The summed E-state index contributed by atoms with van der Waals surface area (Å²) in [4.78, 5) is 29.0. The van der Waals surface area contributed by atoms with Crippen LogP contribution in [0.5, 0.6) is 0 Å². The second kappa shape index (κ2) is 12.5. The predicted octanol–water partition coefficient (Wildman–Crippen LogP) is 3.93. The Morgan fingerprint density at radius 1 is 0.865 bits per heavy atom. The Hall–Kier alpha value is -3.65. The van der Waals surface area contributed by atoms with Gasteiger partial charge < -0.3 is 10.2 Å². The van der Waals surface area contributed by atoms with E-state index >= 15 is 0 Å². The largest absolute Gasteiger partial charge is 0.352 e. The number of nitrogens with zero attached hydrogens (tertiary/aromatic N) is 2. The van der Waals surface area contributed by atoms with Gasteiger partial charge in [0.05, 0.1) is 11.9 Å². The molecule has 0 bridgehead atoms. The van der Waals surface area contributed by atoms with Gasteiger partial charge in [0.25, 0.3) is 0 Å². The van der Waals surface area contributed by atoms with Crippen LogP contribution in [0.15, 0.2) is 84.9 Å². The van der Waals surface area contributed by atoms with E-state index in [4.69, 9.17) is 0 Å². The van der Waals surface area contributed by atoms with Crippen LogP contribution in [0.4, 0.5) is 5.69 Å². The van der Waals surface area contributed by atoms with Gasteiger partial charge in [0, 0.05) is 19.0 Å². The van der Waals surface area contributed by atoms with Crippen LogP contribution < -0.4 is 9.62 Å². The Balaban J connectivity index is 2.05. The van der Waals surface area contributed by atoms with Crippen LogP contribution in [-0.2, 0) is 32.6 Å². The molecule has 3 aromatic rings. The number of anilines is 1. The molecule has 3 rings (SSSR count). The summed E-state index contributed by atoms with van der Waals surface area (Å²) in [5.74, 6) is -0.747. The van der Waals surface area contributed by atoms with Crippen LogP contribution in [0.2, 0.25) is 0 Å². The van der Waals surface area contributed by atoms with Crippen molar-refractivity contribution in [3.05, 3.63) is 102 Å². The van der Waals surface area contributed by atoms with Crippen molar-refractivity contribution >= 4 is 27.5 Å². The summed E-state index contributed by atoms with van der Waals surface area (Å²) in [5, 5.41) is 2.95. The highest BCUT2D eigenvalue weighted by Gasteiger charge is 2.33. The minimum absolute atomic E-state index is 0.127. The van der Waals surface area contributed by atoms with Crippen molar-refractivity contribution in [1.82, 2.24) is 10.2 Å². The average Bonchev–Trinajstić information content (AvgIpc) is 2.85. The zero-order valence-electron chi connectivity index (χ0n) is 21.8. The highest BCUT2D eigenvalue weighted by Crippen LogP contribution is 2.21. The molecule has 0 saturated heterocycles. The molecule has 3 aromatic carbocycles.